The Morgan fingerprint density at radius 3 is 2.63 bits per heavy atom. The number of rotatable bonds is 7. The van der Waals surface area contributed by atoms with Gasteiger partial charge in [0.05, 0.1) is 17.1 Å². The van der Waals surface area contributed by atoms with E-state index in [1.807, 2.05) is 38.4 Å². The van der Waals surface area contributed by atoms with Gasteiger partial charge in [0, 0.05) is 28.9 Å². The van der Waals surface area contributed by atoms with Gasteiger partial charge >= 0.3 is 0 Å². The quantitative estimate of drug-likeness (QED) is 0.501. The van der Waals surface area contributed by atoms with E-state index in [2.05, 4.69) is 53.1 Å². The van der Waals surface area contributed by atoms with Crippen LogP contribution in [0.3, 0.4) is 0 Å². The summed E-state index contributed by atoms with van der Waals surface area (Å²) in [6.07, 6.45) is 1.71. The number of nitrogens with one attached hydrogen (secondary N) is 2. The minimum atomic E-state index is -0.331. The molecule has 3 aromatic rings. The molecule has 0 aliphatic heterocycles. The highest BCUT2D eigenvalue weighted by atomic mass is 127. The molecule has 0 spiro atoms. The second kappa shape index (κ2) is 9.05. The predicted octanol–water partition coefficient (Wildman–Crippen LogP) is 4.00. The highest BCUT2D eigenvalue weighted by Gasteiger charge is 2.10. The zero-order chi connectivity index (χ0) is 19.2. The summed E-state index contributed by atoms with van der Waals surface area (Å²) in [6.45, 7) is 1.53. The van der Waals surface area contributed by atoms with Crippen molar-refractivity contribution in [3.8, 4) is 11.4 Å². The highest BCUT2D eigenvalue weighted by Crippen LogP contribution is 2.24. The maximum absolute atomic E-state index is 14.2. The number of likely N-dealkylation sites (N-methyl/N-ethyl adjacent to an activating group) is 1. The van der Waals surface area contributed by atoms with E-state index in [0.717, 1.165) is 15.8 Å². The minimum Gasteiger partial charge on any atom is -0.353 e. The lowest BCUT2D eigenvalue weighted by molar-refractivity contribution is 0.425. The van der Waals surface area contributed by atoms with Crippen molar-refractivity contribution in [1.29, 1.82) is 0 Å². The van der Waals surface area contributed by atoms with E-state index in [1.54, 1.807) is 18.3 Å². The van der Waals surface area contributed by atoms with Crippen molar-refractivity contribution in [3.63, 3.8) is 0 Å². The van der Waals surface area contributed by atoms with E-state index in [9.17, 15) is 4.39 Å². The molecule has 0 saturated carbocycles. The fourth-order valence-electron chi connectivity index (χ4n) is 2.36. The summed E-state index contributed by atoms with van der Waals surface area (Å²) in [5.41, 5.74) is 1.74. The Kier molecular flexibility index (Phi) is 6.51. The van der Waals surface area contributed by atoms with Gasteiger partial charge in [-0.05, 0) is 67.0 Å². The molecule has 0 saturated heterocycles. The molecule has 140 valence electrons. The number of nitrogens with zero attached hydrogens (tertiary/aromatic N) is 4. The minimum absolute atomic E-state index is 0.331. The molecule has 2 aromatic heterocycles. The standard InChI is InChI=1S/C19H20FIN6/c1-27(2)10-9-23-19-25-17(16-5-3-4-8-22-16)12-18(26-19)24-15-7-6-13(21)11-14(15)20/h3-8,11-12H,9-10H2,1-2H3,(H2,23,24,25,26). The van der Waals surface area contributed by atoms with Gasteiger partial charge < -0.3 is 15.5 Å². The van der Waals surface area contributed by atoms with Crippen molar-refractivity contribution in [2.75, 3.05) is 37.8 Å². The maximum Gasteiger partial charge on any atom is 0.225 e. The fourth-order valence-corrected chi connectivity index (χ4v) is 2.81. The molecule has 0 amide bonds. The maximum atomic E-state index is 14.2. The average Bonchev–Trinajstić information content (AvgIpc) is 2.64. The number of hydrogen-bond donors (Lipinski definition) is 2. The number of pyridine rings is 1. The number of aromatic nitrogens is 3. The van der Waals surface area contributed by atoms with Crippen LogP contribution < -0.4 is 10.6 Å². The molecule has 8 heteroatoms. The van der Waals surface area contributed by atoms with Crippen LogP contribution in [-0.2, 0) is 0 Å². The smallest absolute Gasteiger partial charge is 0.225 e. The molecule has 0 aliphatic carbocycles. The normalized spacial score (nSPS) is 10.9. The van der Waals surface area contributed by atoms with E-state index >= 15 is 0 Å². The lowest BCUT2D eigenvalue weighted by atomic mass is 10.2. The Labute approximate surface area is 171 Å². The van der Waals surface area contributed by atoms with Gasteiger partial charge in [-0.15, -0.1) is 0 Å². The first-order valence-corrected chi connectivity index (χ1v) is 9.50. The third kappa shape index (κ3) is 5.57. The monoisotopic (exact) mass is 478 g/mol. The predicted molar refractivity (Wildman–Crippen MR) is 115 cm³/mol. The summed E-state index contributed by atoms with van der Waals surface area (Å²) in [4.78, 5) is 15.4. The van der Waals surface area contributed by atoms with E-state index in [-0.39, 0.29) is 5.82 Å². The Morgan fingerprint density at radius 1 is 1.07 bits per heavy atom. The first-order valence-electron chi connectivity index (χ1n) is 8.42. The third-order valence-corrected chi connectivity index (χ3v) is 4.36. The van der Waals surface area contributed by atoms with Crippen LogP contribution in [0.1, 0.15) is 0 Å². The van der Waals surface area contributed by atoms with Gasteiger partial charge in [-0.2, -0.15) is 4.98 Å². The van der Waals surface area contributed by atoms with Crippen molar-refractivity contribution in [2.45, 2.75) is 0 Å². The van der Waals surface area contributed by atoms with Crippen LogP contribution in [0.4, 0.5) is 21.8 Å². The van der Waals surface area contributed by atoms with Gasteiger partial charge in [0.2, 0.25) is 5.95 Å². The molecule has 1 aromatic carbocycles. The molecule has 27 heavy (non-hydrogen) atoms. The highest BCUT2D eigenvalue weighted by molar-refractivity contribution is 14.1. The number of benzene rings is 1. The van der Waals surface area contributed by atoms with Crippen LogP contribution in [0.5, 0.6) is 0 Å². The van der Waals surface area contributed by atoms with Gasteiger partial charge in [0.15, 0.2) is 0 Å². The van der Waals surface area contributed by atoms with Crippen molar-refractivity contribution >= 4 is 40.0 Å². The first kappa shape index (κ1) is 19.4. The zero-order valence-corrected chi connectivity index (χ0v) is 17.2. The molecule has 3 rings (SSSR count). The molecule has 0 fully saturated rings. The molecule has 6 nitrogen and oxygen atoms in total. The van der Waals surface area contributed by atoms with Crippen LogP contribution in [0, 0.1) is 9.39 Å². The Morgan fingerprint density at radius 2 is 1.93 bits per heavy atom. The molecular formula is C19H20FIN6. The first-order chi connectivity index (χ1) is 13.0. The van der Waals surface area contributed by atoms with Gasteiger partial charge in [0.1, 0.15) is 11.6 Å². The van der Waals surface area contributed by atoms with Crippen LogP contribution in [0.15, 0.2) is 48.7 Å². The lowest BCUT2D eigenvalue weighted by Gasteiger charge is -2.13. The summed E-state index contributed by atoms with van der Waals surface area (Å²) in [5, 5.41) is 6.25. The molecule has 2 N–H and O–H groups in total. The van der Waals surface area contributed by atoms with Gasteiger partial charge in [-0.25, -0.2) is 9.37 Å². The Balaban J connectivity index is 1.91. The van der Waals surface area contributed by atoms with Gasteiger partial charge in [-0.1, -0.05) is 6.07 Å². The summed E-state index contributed by atoms with van der Waals surface area (Å²) in [6, 6.07) is 12.4. The summed E-state index contributed by atoms with van der Waals surface area (Å²) in [7, 11) is 4.00. The van der Waals surface area contributed by atoms with Crippen LogP contribution in [-0.4, -0.2) is 47.0 Å². The van der Waals surface area contributed by atoms with E-state index in [4.69, 9.17) is 0 Å². The summed E-state index contributed by atoms with van der Waals surface area (Å²) in [5.74, 6) is 0.633. The van der Waals surface area contributed by atoms with Gasteiger partial charge in [-0.3, -0.25) is 4.98 Å². The molecule has 0 radical (unpaired) electrons. The van der Waals surface area contributed by atoms with Crippen LogP contribution >= 0.6 is 22.6 Å². The summed E-state index contributed by atoms with van der Waals surface area (Å²) >= 11 is 2.08. The Bertz CT molecular complexity index is 904. The van der Waals surface area contributed by atoms with E-state index in [0.29, 0.717) is 29.7 Å². The second-order valence-corrected chi connectivity index (χ2v) is 7.40. The molecule has 0 atom stereocenters. The van der Waals surface area contributed by atoms with Crippen molar-refractivity contribution in [2.24, 2.45) is 0 Å². The molecular weight excluding hydrogens is 458 g/mol. The summed E-state index contributed by atoms with van der Waals surface area (Å²) < 4.78 is 15.0. The van der Waals surface area contributed by atoms with Crippen LogP contribution in [0.2, 0.25) is 0 Å². The van der Waals surface area contributed by atoms with Crippen molar-refractivity contribution < 1.29 is 4.39 Å². The zero-order valence-electron chi connectivity index (χ0n) is 15.1. The SMILES string of the molecule is CN(C)CCNc1nc(Nc2ccc(I)cc2F)cc(-c2ccccn2)n1. The van der Waals surface area contributed by atoms with E-state index in [1.165, 1.54) is 6.07 Å². The van der Waals surface area contributed by atoms with E-state index < -0.39 is 0 Å². The average molecular weight is 478 g/mol. The van der Waals surface area contributed by atoms with Crippen molar-refractivity contribution in [3.05, 3.63) is 58.0 Å². The lowest BCUT2D eigenvalue weighted by Crippen LogP contribution is -2.21. The number of anilines is 3. The fraction of sp³-hybridized carbons (Fsp3) is 0.211. The van der Waals surface area contributed by atoms with Crippen LogP contribution in [0.25, 0.3) is 11.4 Å². The molecule has 0 bridgehead atoms. The number of halogens is 2. The third-order valence-electron chi connectivity index (χ3n) is 3.69. The Hall–Kier alpha value is -2.33. The molecule has 0 aliphatic rings. The largest absolute Gasteiger partial charge is 0.353 e. The van der Waals surface area contributed by atoms with Crippen molar-refractivity contribution in [1.82, 2.24) is 19.9 Å². The topological polar surface area (TPSA) is 66.0 Å². The molecule has 0 unspecified atom stereocenters. The number of hydrogen-bond acceptors (Lipinski definition) is 6. The second-order valence-electron chi connectivity index (χ2n) is 6.16. The molecule has 2 heterocycles. The van der Waals surface area contributed by atoms with Gasteiger partial charge in [0.25, 0.3) is 0 Å².